The number of carbonyl (C=O) groups excluding carboxylic acids is 2. The molecule has 0 aromatic heterocycles. The van der Waals surface area contributed by atoms with Crippen molar-refractivity contribution < 1.29 is 9.59 Å². The predicted octanol–water partition coefficient (Wildman–Crippen LogP) is 2.63. The van der Waals surface area contributed by atoms with Gasteiger partial charge in [0.15, 0.2) is 0 Å². The quantitative estimate of drug-likeness (QED) is 0.932. The molecule has 4 heteroatoms. The van der Waals surface area contributed by atoms with Crippen molar-refractivity contribution in [2.24, 2.45) is 11.3 Å². The Morgan fingerprint density at radius 1 is 1.22 bits per heavy atom. The highest BCUT2D eigenvalue weighted by molar-refractivity contribution is 5.95. The third-order valence-corrected chi connectivity index (χ3v) is 5.71. The van der Waals surface area contributed by atoms with Crippen LogP contribution in [0, 0.1) is 11.3 Å². The first-order chi connectivity index (χ1) is 11.1. The lowest BCUT2D eigenvalue weighted by molar-refractivity contribution is -0.127. The van der Waals surface area contributed by atoms with Gasteiger partial charge >= 0.3 is 0 Å². The van der Waals surface area contributed by atoms with Crippen molar-refractivity contribution in [3.63, 3.8) is 0 Å². The lowest BCUT2D eigenvalue weighted by Crippen LogP contribution is -2.38. The summed E-state index contributed by atoms with van der Waals surface area (Å²) in [5.41, 5.74) is 1.96. The molecule has 1 aromatic carbocycles. The van der Waals surface area contributed by atoms with Gasteiger partial charge in [-0.1, -0.05) is 31.9 Å². The van der Waals surface area contributed by atoms with Gasteiger partial charge < -0.3 is 10.2 Å². The highest BCUT2D eigenvalue weighted by Gasteiger charge is 2.52. The summed E-state index contributed by atoms with van der Waals surface area (Å²) in [5.74, 6) is 0.0859. The lowest BCUT2D eigenvalue weighted by Gasteiger charge is -2.28. The number of rotatable bonds is 3. The number of hydrogen-bond donors (Lipinski definition) is 1. The van der Waals surface area contributed by atoms with Crippen LogP contribution in [0.5, 0.6) is 0 Å². The van der Waals surface area contributed by atoms with Crippen LogP contribution in [-0.4, -0.2) is 36.9 Å². The summed E-state index contributed by atoms with van der Waals surface area (Å²) in [5, 5.41) is 2.80. The SMILES string of the molecule is CCc1ccc(C(=O)N2CC(C(=O)NC)C3(CCCC3)C2)cc1. The van der Waals surface area contributed by atoms with E-state index in [2.05, 4.69) is 12.2 Å². The van der Waals surface area contributed by atoms with E-state index in [4.69, 9.17) is 0 Å². The molecule has 2 amide bonds. The molecule has 1 saturated heterocycles. The van der Waals surface area contributed by atoms with E-state index in [1.165, 1.54) is 18.4 Å². The smallest absolute Gasteiger partial charge is 0.253 e. The molecule has 1 N–H and O–H groups in total. The molecule has 3 rings (SSSR count). The van der Waals surface area contributed by atoms with Crippen molar-refractivity contribution in [3.8, 4) is 0 Å². The Bertz CT molecular complexity index is 588. The van der Waals surface area contributed by atoms with E-state index in [1.807, 2.05) is 29.2 Å². The molecular weight excluding hydrogens is 288 g/mol. The van der Waals surface area contributed by atoms with Crippen LogP contribution < -0.4 is 5.32 Å². The summed E-state index contributed by atoms with van der Waals surface area (Å²) in [6.45, 7) is 3.38. The fourth-order valence-electron chi connectivity index (χ4n) is 4.31. The van der Waals surface area contributed by atoms with Gasteiger partial charge in [-0.15, -0.1) is 0 Å². The highest BCUT2D eigenvalue weighted by atomic mass is 16.2. The molecule has 1 heterocycles. The molecule has 4 nitrogen and oxygen atoms in total. The van der Waals surface area contributed by atoms with Crippen molar-refractivity contribution in [1.29, 1.82) is 0 Å². The molecule has 1 unspecified atom stereocenters. The van der Waals surface area contributed by atoms with Gasteiger partial charge in [0.05, 0.1) is 5.92 Å². The van der Waals surface area contributed by atoms with Crippen molar-refractivity contribution in [2.45, 2.75) is 39.0 Å². The molecule has 1 aromatic rings. The molecule has 0 bridgehead atoms. The first kappa shape index (κ1) is 16.0. The van der Waals surface area contributed by atoms with Crippen LogP contribution in [0.4, 0.5) is 0 Å². The first-order valence-electron chi connectivity index (χ1n) is 8.69. The number of likely N-dealkylation sites (tertiary alicyclic amines) is 1. The second-order valence-corrected chi connectivity index (χ2v) is 6.97. The van der Waals surface area contributed by atoms with Crippen molar-refractivity contribution in [1.82, 2.24) is 10.2 Å². The molecule has 1 aliphatic heterocycles. The Labute approximate surface area is 138 Å². The second kappa shape index (κ2) is 6.34. The van der Waals surface area contributed by atoms with Crippen LogP contribution in [0.1, 0.15) is 48.5 Å². The van der Waals surface area contributed by atoms with E-state index < -0.39 is 0 Å². The maximum atomic E-state index is 12.8. The standard InChI is InChI=1S/C19H26N2O2/c1-3-14-6-8-15(9-7-14)18(23)21-12-16(17(22)20-2)19(13-21)10-4-5-11-19/h6-9,16H,3-5,10-13H2,1-2H3,(H,20,22). The zero-order valence-corrected chi connectivity index (χ0v) is 14.1. The van der Waals surface area contributed by atoms with Gasteiger partial charge in [-0.25, -0.2) is 0 Å². The van der Waals surface area contributed by atoms with E-state index in [-0.39, 0.29) is 23.1 Å². The minimum Gasteiger partial charge on any atom is -0.359 e. The van der Waals surface area contributed by atoms with Gasteiger partial charge in [-0.05, 0) is 37.0 Å². The third-order valence-electron chi connectivity index (χ3n) is 5.71. The van der Waals surface area contributed by atoms with Crippen LogP contribution in [0.25, 0.3) is 0 Å². The molecule has 2 fully saturated rings. The topological polar surface area (TPSA) is 49.4 Å². The van der Waals surface area contributed by atoms with Gasteiger partial charge in [0.25, 0.3) is 5.91 Å². The van der Waals surface area contributed by atoms with E-state index in [1.54, 1.807) is 7.05 Å². The zero-order valence-electron chi connectivity index (χ0n) is 14.1. The summed E-state index contributed by atoms with van der Waals surface area (Å²) < 4.78 is 0. The zero-order chi connectivity index (χ0) is 16.4. The average Bonchev–Trinajstić information content (AvgIpc) is 3.21. The summed E-state index contributed by atoms with van der Waals surface area (Å²) >= 11 is 0. The number of benzene rings is 1. The Morgan fingerprint density at radius 2 is 1.87 bits per heavy atom. The molecule has 1 aliphatic carbocycles. The van der Waals surface area contributed by atoms with E-state index in [0.717, 1.165) is 31.4 Å². The summed E-state index contributed by atoms with van der Waals surface area (Å²) in [6, 6.07) is 7.86. The van der Waals surface area contributed by atoms with E-state index >= 15 is 0 Å². The average molecular weight is 314 g/mol. The van der Waals surface area contributed by atoms with E-state index in [9.17, 15) is 9.59 Å². The highest BCUT2D eigenvalue weighted by Crippen LogP contribution is 2.49. The molecule has 0 radical (unpaired) electrons. The maximum Gasteiger partial charge on any atom is 0.253 e. The van der Waals surface area contributed by atoms with Gasteiger partial charge in [0, 0.05) is 31.1 Å². The van der Waals surface area contributed by atoms with Crippen LogP contribution >= 0.6 is 0 Å². The van der Waals surface area contributed by atoms with Crippen LogP contribution in [0.15, 0.2) is 24.3 Å². The van der Waals surface area contributed by atoms with Crippen LogP contribution in [0.2, 0.25) is 0 Å². The maximum absolute atomic E-state index is 12.8. The lowest BCUT2D eigenvalue weighted by atomic mass is 9.76. The Kier molecular flexibility index (Phi) is 4.42. The van der Waals surface area contributed by atoms with Gasteiger partial charge in [-0.2, -0.15) is 0 Å². The van der Waals surface area contributed by atoms with Gasteiger partial charge in [0.2, 0.25) is 5.91 Å². The number of nitrogens with one attached hydrogen (secondary N) is 1. The van der Waals surface area contributed by atoms with Crippen LogP contribution in [-0.2, 0) is 11.2 Å². The summed E-state index contributed by atoms with van der Waals surface area (Å²) in [6.07, 6.45) is 5.43. The molecule has 1 atom stereocenters. The fourth-order valence-corrected chi connectivity index (χ4v) is 4.31. The van der Waals surface area contributed by atoms with Crippen LogP contribution in [0.3, 0.4) is 0 Å². The normalized spacial score (nSPS) is 22.5. The van der Waals surface area contributed by atoms with Crippen molar-refractivity contribution >= 4 is 11.8 Å². The van der Waals surface area contributed by atoms with E-state index in [0.29, 0.717) is 6.54 Å². The first-order valence-corrected chi connectivity index (χ1v) is 8.69. The number of hydrogen-bond acceptors (Lipinski definition) is 2. The number of aryl methyl sites for hydroxylation is 1. The molecule has 23 heavy (non-hydrogen) atoms. The largest absolute Gasteiger partial charge is 0.359 e. The second-order valence-electron chi connectivity index (χ2n) is 6.97. The molecule has 2 aliphatic rings. The molecule has 1 spiro atoms. The molecule has 1 saturated carbocycles. The predicted molar refractivity (Wildman–Crippen MR) is 90.2 cm³/mol. The monoisotopic (exact) mass is 314 g/mol. The molecule has 124 valence electrons. The fraction of sp³-hybridized carbons (Fsp3) is 0.579. The van der Waals surface area contributed by atoms with Crippen molar-refractivity contribution in [2.75, 3.05) is 20.1 Å². The summed E-state index contributed by atoms with van der Waals surface area (Å²) in [4.78, 5) is 27.0. The Morgan fingerprint density at radius 3 is 2.43 bits per heavy atom. The molecular formula is C19H26N2O2. The summed E-state index contributed by atoms with van der Waals surface area (Å²) in [7, 11) is 1.69. The third kappa shape index (κ3) is 2.87. The minimum absolute atomic E-state index is 0.000880. The Hall–Kier alpha value is -1.84. The minimum atomic E-state index is -0.0612. The number of carbonyl (C=O) groups is 2. The number of nitrogens with zero attached hydrogens (tertiary/aromatic N) is 1. The van der Waals surface area contributed by atoms with Gasteiger partial charge in [-0.3, -0.25) is 9.59 Å². The number of amides is 2. The van der Waals surface area contributed by atoms with Crippen molar-refractivity contribution in [3.05, 3.63) is 35.4 Å². The Balaban J connectivity index is 1.80. The van der Waals surface area contributed by atoms with Gasteiger partial charge in [0.1, 0.15) is 0 Å².